The van der Waals surface area contributed by atoms with Gasteiger partial charge in [-0.05, 0) is 12.1 Å². The minimum absolute atomic E-state index is 0.0939. The number of carboxylic acid groups (broad SMARTS) is 1. The van der Waals surface area contributed by atoms with Crippen LogP contribution in [0.25, 0.3) is 0 Å². The zero-order valence-corrected chi connectivity index (χ0v) is 9.53. The quantitative estimate of drug-likeness (QED) is 0.813. The Morgan fingerprint density at radius 3 is 2.65 bits per heavy atom. The van der Waals surface area contributed by atoms with E-state index < -0.39 is 11.8 Å². The van der Waals surface area contributed by atoms with Crippen LogP contribution in [-0.2, 0) is 4.79 Å². The molecule has 0 fully saturated rings. The summed E-state index contributed by atoms with van der Waals surface area (Å²) in [5.41, 5.74) is -0.264. The van der Waals surface area contributed by atoms with Crippen molar-refractivity contribution in [1.82, 2.24) is 5.32 Å². The summed E-state index contributed by atoms with van der Waals surface area (Å²) in [6.07, 6.45) is 0. The Morgan fingerprint density at radius 1 is 1.47 bits per heavy atom. The lowest BCUT2D eigenvalue weighted by atomic mass is 10.1. The molecule has 0 aromatic heterocycles. The maximum absolute atomic E-state index is 13.6. The van der Waals surface area contributed by atoms with Gasteiger partial charge in [-0.15, -0.1) is 0 Å². The first-order valence-corrected chi connectivity index (χ1v) is 4.91. The molecular weight excluding hydrogens is 227 g/mol. The summed E-state index contributed by atoms with van der Waals surface area (Å²) in [5.74, 6) is -2.23. The second-order valence-corrected chi connectivity index (χ2v) is 3.47. The van der Waals surface area contributed by atoms with Gasteiger partial charge < -0.3 is 15.3 Å². The van der Waals surface area contributed by atoms with Crippen LogP contribution in [-0.4, -0.2) is 37.6 Å². The molecule has 0 aliphatic rings. The molecule has 0 saturated carbocycles. The zero-order valence-electron chi connectivity index (χ0n) is 9.53. The average molecular weight is 240 g/mol. The summed E-state index contributed by atoms with van der Waals surface area (Å²) >= 11 is 0. The van der Waals surface area contributed by atoms with Gasteiger partial charge in [0.1, 0.15) is 5.82 Å². The first-order valence-electron chi connectivity index (χ1n) is 4.91. The molecule has 6 heteroatoms. The van der Waals surface area contributed by atoms with E-state index in [1.807, 2.05) is 0 Å². The number of benzene rings is 1. The Kier molecular flexibility index (Phi) is 4.03. The van der Waals surface area contributed by atoms with Gasteiger partial charge in [-0.1, -0.05) is 6.07 Å². The predicted molar refractivity (Wildman–Crippen MR) is 60.7 cm³/mol. The molecule has 1 amide bonds. The number of rotatable bonds is 4. The molecule has 92 valence electrons. The molecule has 0 spiro atoms. The van der Waals surface area contributed by atoms with Crippen LogP contribution in [0.2, 0.25) is 0 Å². The normalized spacial score (nSPS) is 9.82. The second-order valence-electron chi connectivity index (χ2n) is 3.47. The third-order valence-electron chi connectivity index (χ3n) is 2.26. The maximum atomic E-state index is 13.6. The number of anilines is 1. The van der Waals surface area contributed by atoms with Crippen LogP contribution >= 0.6 is 0 Å². The summed E-state index contributed by atoms with van der Waals surface area (Å²) in [6, 6.07) is 3.76. The number of carbonyl (C=O) groups excluding carboxylic acids is 1. The number of halogens is 1. The Bertz CT molecular complexity index is 448. The first kappa shape index (κ1) is 13.0. The highest BCUT2D eigenvalue weighted by atomic mass is 19.1. The Hall–Kier alpha value is -2.11. The number of carbonyl (C=O) groups is 2. The topological polar surface area (TPSA) is 69.6 Å². The molecule has 2 N–H and O–H groups in total. The van der Waals surface area contributed by atoms with Crippen molar-refractivity contribution in [3.8, 4) is 0 Å². The van der Waals surface area contributed by atoms with Crippen LogP contribution in [0.1, 0.15) is 10.4 Å². The summed E-state index contributed by atoms with van der Waals surface area (Å²) in [5, 5.41) is 11.3. The van der Waals surface area contributed by atoms with Crippen LogP contribution in [0.15, 0.2) is 18.2 Å². The van der Waals surface area contributed by atoms with E-state index in [1.54, 1.807) is 0 Å². The van der Waals surface area contributed by atoms with Gasteiger partial charge in [-0.2, -0.15) is 0 Å². The number of para-hydroxylation sites is 1. The van der Waals surface area contributed by atoms with E-state index in [0.29, 0.717) is 0 Å². The number of likely N-dealkylation sites (N-methyl/N-ethyl adjacent to an activating group) is 2. The van der Waals surface area contributed by atoms with Crippen LogP contribution in [0.5, 0.6) is 0 Å². The van der Waals surface area contributed by atoms with Crippen molar-refractivity contribution < 1.29 is 19.1 Å². The molecule has 17 heavy (non-hydrogen) atoms. The molecule has 5 nitrogen and oxygen atoms in total. The van der Waals surface area contributed by atoms with Gasteiger partial charge in [-0.3, -0.25) is 4.79 Å². The maximum Gasteiger partial charge on any atom is 0.337 e. The van der Waals surface area contributed by atoms with E-state index in [1.165, 1.54) is 31.1 Å². The van der Waals surface area contributed by atoms with Crippen molar-refractivity contribution >= 4 is 17.6 Å². The van der Waals surface area contributed by atoms with E-state index in [4.69, 9.17) is 5.11 Å². The lowest BCUT2D eigenvalue weighted by Crippen LogP contribution is -2.34. The molecular formula is C11H13FN2O3. The summed E-state index contributed by atoms with van der Waals surface area (Å²) in [6.45, 7) is -0.113. The number of aromatic carboxylic acids is 1. The fourth-order valence-electron chi connectivity index (χ4n) is 1.45. The van der Waals surface area contributed by atoms with Crippen molar-refractivity contribution in [2.75, 3.05) is 25.5 Å². The molecule has 0 bridgehead atoms. The van der Waals surface area contributed by atoms with Crippen molar-refractivity contribution in [1.29, 1.82) is 0 Å². The number of amides is 1. The lowest BCUT2D eigenvalue weighted by Gasteiger charge is -2.20. The molecule has 0 unspecified atom stereocenters. The minimum Gasteiger partial charge on any atom is -0.478 e. The molecule has 0 atom stereocenters. The van der Waals surface area contributed by atoms with Gasteiger partial charge in [-0.25, -0.2) is 9.18 Å². The third-order valence-corrected chi connectivity index (χ3v) is 2.26. The zero-order chi connectivity index (χ0) is 13.0. The minimum atomic E-state index is -1.23. The summed E-state index contributed by atoms with van der Waals surface area (Å²) < 4.78 is 13.6. The fourth-order valence-corrected chi connectivity index (χ4v) is 1.45. The van der Waals surface area contributed by atoms with Crippen molar-refractivity contribution in [3.63, 3.8) is 0 Å². The number of hydrogen-bond acceptors (Lipinski definition) is 3. The molecule has 1 aromatic carbocycles. The van der Waals surface area contributed by atoms with Gasteiger partial charge >= 0.3 is 5.97 Å². The van der Waals surface area contributed by atoms with Gasteiger partial charge in [0, 0.05) is 14.1 Å². The van der Waals surface area contributed by atoms with Gasteiger partial charge in [0.05, 0.1) is 17.8 Å². The number of nitrogens with zero attached hydrogens (tertiary/aromatic N) is 1. The Labute approximate surface area is 97.8 Å². The van der Waals surface area contributed by atoms with Crippen LogP contribution < -0.4 is 10.2 Å². The molecule has 0 aliphatic heterocycles. The standard InChI is InChI=1S/C11H13FN2O3/c1-13-9(15)6-14(2)10-7(11(16)17)4-3-5-8(10)12/h3-5H,6H2,1-2H3,(H,13,15)(H,16,17). The van der Waals surface area contributed by atoms with Crippen molar-refractivity contribution in [2.24, 2.45) is 0 Å². The molecule has 0 aliphatic carbocycles. The largest absolute Gasteiger partial charge is 0.478 e. The first-order chi connectivity index (χ1) is 7.97. The molecule has 1 rings (SSSR count). The Morgan fingerprint density at radius 2 is 2.12 bits per heavy atom. The van der Waals surface area contributed by atoms with Gasteiger partial charge in [0.25, 0.3) is 0 Å². The molecule has 0 saturated heterocycles. The molecule has 0 heterocycles. The second kappa shape index (κ2) is 5.29. The van der Waals surface area contributed by atoms with E-state index in [-0.39, 0.29) is 23.7 Å². The van der Waals surface area contributed by atoms with E-state index in [0.717, 1.165) is 6.07 Å². The van der Waals surface area contributed by atoms with Crippen molar-refractivity contribution in [2.45, 2.75) is 0 Å². The van der Waals surface area contributed by atoms with Crippen LogP contribution in [0.3, 0.4) is 0 Å². The fraction of sp³-hybridized carbons (Fsp3) is 0.273. The van der Waals surface area contributed by atoms with E-state index in [9.17, 15) is 14.0 Å². The SMILES string of the molecule is CNC(=O)CN(C)c1c(F)cccc1C(=O)O. The molecule has 0 radical (unpaired) electrons. The van der Waals surface area contributed by atoms with Crippen LogP contribution in [0.4, 0.5) is 10.1 Å². The number of hydrogen-bond donors (Lipinski definition) is 2. The highest BCUT2D eigenvalue weighted by molar-refractivity contribution is 5.95. The highest BCUT2D eigenvalue weighted by Crippen LogP contribution is 2.23. The number of nitrogens with one attached hydrogen (secondary N) is 1. The average Bonchev–Trinajstić information content (AvgIpc) is 2.28. The van der Waals surface area contributed by atoms with E-state index >= 15 is 0 Å². The lowest BCUT2D eigenvalue weighted by molar-refractivity contribution is -0.119. The predicted octanol–water partition coefficient (Wildman–Crippen LogP) is 0.706. The van der Waals surface area contributed by atoms with Crippen LogP contribution in [0, 0.1) is 5.82 Å². The van der Waals surface area contributed by atoms with Gasteiger partial charge in [0.15, 0.2) is 0 Å². The van der Waals surface area contributed by atoms with Gasteiger partial charge in [0.2, 0.25) is 5.91 Å². The van der Waals surface area contributed by atoms with Crippen molar-refractivity contribution in [3.05, 3.63) is 29.6 Å². The molecule has 1 aromatic rings. The highest BCUT2D eigenvalue weighted by Gasteiger charge is 2.18. The number of carboxylic acids is 1. The van der Waals surface area contributed by atoms with E-state index in [2.05, 4.69) is 5.32 Å². The Balaban J connectivity index is 3.11. The monoisotopic (exact) mass is 240 g/mol. The summed E-state index contributed by atoms with van der Waals surface area (Å²) in [4.78, 5) is 23.4. The third kappa shape index (κ3) is 2.93. The summed E-state index contributed by atoms with van der Waals surface area (Å²) in [7, 11) is 2.91. The smallest absolute Gasteiger partial charge is 0.337 e.